The molecule has 1 fully saturated rings. The molecule has 2 atom stereocenters. The lowest BCUT2D eigenvalue weighted by Crippen LogP contribution is -2.33. The first-order valence-electron chi connectivity index (χ1n) is 5.67. The second-order valence-electron chi connectivity index (χ2n) is 4.36. The van der Waals surface area contributed by atoms with Crippen LogP contribution in [0.2, 0.25) is 5.02 Å². The first-order valence-corrected chi connectivity index (χ1v) is 6.04. The fourth-order valence-corrected chi connectivity index (χ4v) is 2.32. The summed E-state index contributed by atoms with van der Waals surface area (Å²) in [5.74, 6) is 0.111. The van der Waals surface area contributed by atoms with Crippen molar-refractivity contribution in [3.05, 3.63) is 22.8 Å². The van der Waals surface area contributed by atoms with Crippen LogP contribution in [0.25, 0.3) is 0 Å². The molecule has 2 heterocycles. The number of halogens is 5. The Morgan fingerprint density at radius 2 is 2.19 bits per heavy atom. The van der Waals surface area contributed by atoms with Gasteiger partial charge in [-0.2, -0.15) is 13.2 Å². The van der Waals surface area contributed by atoms with Crippen molar-refractivity contribution in [1.29, 1.82) is 0 Å². The van der Waals surface area contributed by atoms with E-state index in [2.05, 4.69) is 4.98 Å². The summed E-state index contributed by atoms with van der Waals surface area (Å²) in [6, 6.07) is 0.506. The molecule has 21 heavy (non-hydrogen) atoms. The van der Waals surface area contributed by atoms with Crippen LogP contribution in [-0.2, 0) is 15.7 Å². The number of carbonyl (C=O) groups excluding carboxylic acids is 1. The number of pyridine rings is 1. The molecule has 1 aliphatic heterocycles. The predicted octanol–water partition coefficient (Wildman–Crippen LogP) is 2.21. The molecule has 0 bridgehead atoms. The minimum atomic E-state index is -4.52. The summed E-state index contributed by atoms with van der Waals surface area (Å²) < 4.78 is 42.4. The topological polar surface area (TPSA) is 68.5 Å². The number of alkyl halides is 3. The third kappa shape index (κ3) is 3.90. The highest BCUT2D eigenvalue weighted by Crippen LogP contribution is 2.35. The zero-order chi connectivity index (χ0) is 14.9. The quantitative estimate of drug-likeness (QED) is 0.850. The minimum absolute atomic E-state index is 0. The van der Waals surface area contributed by atoms with Crippen molar-refractivity contribution in [2.75, 3.05) is 11.4 Å². The van der Waals surface area contributed by atoms with E-state index in [1.54, 1.807) is 0 Å². The van der Waals surface area contributed by atoms with Gasteiger partial charge in [-0.25, -0.2) is 4.98 Å². The fraction of sp³-hybridized carbons (Fsp3) is 0.455. The number of rotatable bonds is 3. The molecule has 0 spiro atoms. The maximum absolute atomic E-state index is 12.5. The minimum Gasteiger partial charge on any atom is -0.444 e. The van der Waals surface area contributed by atoms with Crippen LogP contribution in [0.4, 0.5) is 19.0 Å². The van der Waals surface area contributed by atoms with Crippen LogP contribution in [0.3, 0.4) is 0 Å². The molecule has 0 saturated carbocycles. The number of nitrogens with zero attached hydrogens (tertiary/aromatic N) is 2. The van der Waals surface area contributed by atoms with E-state index < -0.39 is 18.0 Å². The third-order valence-electron chi connectivity index (χ3n) is 2.92. The second kappa shape index (κ2) is 6.67. The highest BCUT2D eigenvalue weighted by molar-refractivity contribution is 6.33. The van der Waals surface area contributed by atoms with Gasteiger partial charge in [0.1, 0.15) is 5.82 Å². The Labute approximate surface area is 129 Å². The number of anilines is 1. The van der Waals surface area contributed by atoms with Gasteiger partial charge in [0.25, 0.3) is 6.47 Å². The highest BCUT2D eigenvalue weighted by Gasteiger charge is 2.36. The van der Waals surface area contributed by atoms with Crippen molar-refractivity contribution >= 4 is 36.3 Å². The van der Waals surface area contributed by atoms with Crippen LogP contribution in [0, 0.1) is 0 Å². The average molecular weight is 346 g/mol. The number of hydrogen-bond acceptors (Lipinski definition) is 5. The molecule has 1 aliphatic rings. The van der Waals surface area contributed by atoms with Crippen LogP contribution in [-0.4, -0.2) is 30.3 Å². The Hall–Kier alpha value is -1.25. The summed E-state index contributed by atoms with van der Waals surface area (Å²) in [6.07, 6.45) is -4.15. The molecule has 0 amide bonds. The fourth-order valence-electron chi connectivity index (χ4n) is 2.04. The molecule has 0 aromatic carbocycles. The van der Waals surface area contributed by atoms with Crippen molar-refractivity contribution < 1.29 is 22.7 Å². The summed E-state index contributed by atoms with van der Waals surface area (Å²) in [5, 5.41) is -0.173. The number of hydrogen-bond donors (Lipinski definition) is 1. The number of carbonyl (C=O) groups is 1. The van der Waals surface area contributed by atoms with Gasteiger partial charge in [-0.05, 0) is 6.07 Å². The maximum Gasteiger partial charge on any atom is 0.417 e. The Kier molecular flexibility index (Phi) is 5.66. The monoisotopic (exact) mass is 345 g/mol. The third-order valence-corrected chi connectivity index (χ3v) is 3.20. The van der Waals surface area contributed by atoms with Gasteiger partial charge < -0.3 is 15.4 Å². The molecule has 1 saturated heterocycles. The molecule has 1 aromatic heterocycles. The predicted molar refractivity (Wildman–Crippen MR) is 72.4 cm³/mol. The Morgan fingerprint density at radius 1 is 1.52 bits per heavy atom. The van der Waals surface area contributed by atoms with Crippen molar-refractivity contribution in [3.63, 3.8) is 0 Å². The van der Waals surface area contributed by atoms with Crippen molar-refractivity contribution in [3.8, 4) is 0 Å². The van der Waals surface area contributed by atoms with Gasteiger partial charge in [-0.1, -0.05) is 11.6 Å². The van der Waals surface area contributed by atoms with Crippen molar-refractivity contribution in [1.82, 2.24) is 4.98 Å². The second-order valence-corrected chi connectivity index (χ2v) is 4.77. The number of nitrogens with two attached hydrogens (primary N) is 1. The van der Waals surface area contributed by atoms with Gasteiger partial charge in [-0.3, -0.25) is 4.79 Å². The summed E-state index contributed by atoms with van der Waals surface area (Å²) >= 11 is 5.84. The van der Waals surface area contributed by atoms with Gasteiger partial charge in [0, 0.05) is 25.2 Å². The van der Waals surface area contributed by atoms with Gasteiger partial charge in [0.2, 0.25) is 0 Å². The van der Waals surface area contributed by atoms with E-state index in [4.69, 9.17) is 22.1 Å². The van der Waals surface area contributed by atoms with E-state index in [9.17, 15) is 18.0 Å². The largest absolute Gasteiger partial charge is 0.444 e. The van der Waals surface area contributed by atoms with Gasteiger partial charge >= 0.3 is 6.18 Å². The van der Waals surface area contributed by atoms with Crippen LogP contribution in [0.1, 0.15) is 12.0 Å². The molecule has 2 N–H and O–H groups in total. The van der Waals surface area contributed by atoms with Gasteiger partial charge in [-0.15, -0.1) is 12.4 Å². The van der Waals surface area contributed by atoms with E-state index in [1.165, 1.54) is 4.90 Å². The number of ether oxygens (including phenoxy) is 1. The van der Waals surface area contributed by atoms with E-state index in [1.807, 2.05) is 0 Å². The average Bonchev–Trinajstić information content (AvgIpc) is 2.69. The van der Waals surface area contributed by atoms with E-state index in [-0.39, 0.29) is 42.3 Å². The zero-order valence-electron chi connectivity index (χ0n) is 10.5. The lowest BCUT2D eigenvalue weighted by Gasteiger charge is -2.24. The smallest absolute Gasteiger partial charge is 0.417 e. The molecule has 10 heteroatoms. The van der Waals surface area contributed by atoms with E-state index in [0.717, 1.165) is 6.07 Å². The van der Waals surface area contributed by atoms with Crippen molar-refractivity contribution in [2.45, 2.75) is 24.9 Å². The first-order chi connectivity index (χ1) is 9.32. The summed E-state index contributed by atoms with van der Waals surface area (Å²) in [7, 11) is 0. The molecule has 0 radical (unpaired) electrons. The molecule has 5 nitrogen and oxygen atoms in total. The molecular formula is C11H12Cl2F3N3O2. The molecule has 1 aromatic rings. The van der Waals surface area contributed by atoms with Crippen LogP contribution in [0.15, 0.2) is 12.3 Å². The summed E-state index contributed by atoms with van der Waals surface area (Å²) in [4.78, 5) is 15.6. The standard InChI is InChI=1S/C11H11ClF3N3O2.ClH/c12-8-1-6(11(13,14)15)3-17-10(8)18-4-7(16)2-9(18)20-5-19;/h1,3,5,7,9H,2,4,16H2;1H/t7-,9+;/m1./s1. The summed E-state index contributed by atoms with van der Waals surface area (Å²) in [6.45, 7) is 0.546. The Bertz CT molecular complexity index is 516. The Balaban J connectivity index is 0.00000220. The van der Waals surface area contributed by atoms with Gasteiger partial charge in [0.15, 0.2) is 6.23 Å². The van der Waals surface area contributed by atoms with E-state index in [0.29, 0.717) is 12.6 Å². The van der Waals surface area contributed by atoms with Crippen LogP contribution in [0.5, 0.6) is 0 Å². The molecular weight excluding hydrogens is 334 g/mol. The number of aromatic nitrogens is 1. The Morgan fingerprint density at radius 3 is 2.71 bits per heavy atom. The first kappa shape index (κ1) is 17.8. The van der Waals surface area contributed by atoms with E-state index >= 15 is 0 Å². The lowest BCUT2D eigenvalue weighted by atomic mass is 10.2. The maximum atomic E-state index is 12.5. The molecule has 118 valence electrons. The molecule has 0 aliphatic carbocycles. The van der Waals surface area contributed by atoms with Gasteiger partial charge in [0.05, 0.1) is 10.6 Å². The molecule has 0 unspecified atom stereocenters. The SMILES string of the molecule is Cl.N[C@@H]1C[C@H](OC=O)N(c2ncc(C(F)(F)F)cc2Cl)C1. The van der Waals surface area contributed by atoms with Crippen molar-refractivity contribution in [2.24, 2.45) is 5.73 Å². The van der Waals surface area contributed by atoms with Crippen LogP contribution < -0.4 is 10.6 Å². The highest BCUT2D eigenvalue weighted by atomic mass is 35.5. The van der Waals surface area contributed by atoms with Crippen LogP contribution >= 0.6 is 24.0 Å². The normalized spacial score (nSPS) is 21.9. The zero-order valence-corrected chi connectivity index (χ0v) is 12.1. The molecule has 2 rings (SSSR count). The summed E-state index contributed by atoms with van der Waals surface area (Å²) in [5.41, 5.74) is 4.80. The lowest BCUT2D eigenvalue weighted by molar-refractivity contribution is -0.137.